The number of hydrogen-bond donors (Lipinski definition) is 2. The van der Waals surface area contributed by atoms with Crippen LogP contribution in [-0.4, -0.2) is 54.2 Å². The average molecular weight is 460 g/mol. The predicted octanol–water partition coefficient (Wildman–Crippen LogP) is 2.78. The average Bonchev–Trinajstić information content (AvgIpc) is 3.43. The number of pyridine rings is 1. The van der Waals surface area contributed by atoms with Crippen molar-refractivity contribution in [2.24, 2.45) is 0 Å². The van der Waals surface area contributed by atoms with E-state index in [9.17, 15) is 9.59 Å². The number of nitrogens with zero attached hydrogens (tertiary/aromatic N) is 2. The number of fused-ring (bicyclic) bond motifs is 2. The van der Waals surface area contributed by atoms with E-state index in [1.165, 1.54) is 6.20 Å². The molecule has 3 fully saturated rings. The largest absolute Gasteiger partial charge is 0.511 e. The van der Waals surface area contributed by atoms with Crippen LogP contribution in [0.15, 0.2) is 17.1 Å². The smallest absolute Gasteiger partial charge is 0.449 e. The van der Waals surface area contributed by atoms with Crippen molar-refractivity contribution in [1.82, 2.24) is 9.88 Å². The van der Waals surface area contributed by atoms with E-state index < -0.39 is 17.4 Å². The van der Waals surface area contributed by atoms with Crippen LogP contribution in [0.4, 0.5) is 14.9 Å². The van der Waals surface area contributed by atoms with E-state index in [1.54, 1.807) is 4.57 Å². The molecule has 2 atom stereocenters. The topological polar surface area (TPSA) is 93.0 Å². The zero-order valence-corrected chi connectivity index (χ0v) is 17.3. The molecule has 11 heteroatoms. The fraction of sp³-hybridized carbons (Fsp3) is 0.474. The number of benzene rings is 1. The SMILES string of the molecule is Cl.O=C(O)Oc1cn(C2CC2)c2c(Cl)c(N3C[C@@H]4OCCN[C@@H]4C3)c(F)cc2c1=O. The number of rotatable bonds is 3. The summed E-state index contributed by atoms with van der Waals surface area (Å²) in [5.74, 6) is -0.988. The van der Waals surface area contributed by atoms with Crippen LogP contribution in [0.1, 0.15) is 18.9 Å². The van der Waals surface area contributed by atoms with Gasteiger partial charge in [0, 0.05) is 25.7 Å². The highest BCUT2D eigenvalue weighted by Gasteiger charge is 2.38. The van der Waals surface area contributed by atoms with Crippen molar-refractivity contribution in [3.8, 4) is 5.75 Å². The highest BCUT2D eigenvalue weighted by molar-refractivity contribution is 6.38. The monoisotopic (exact) mass is 459 g/mol. The standard InChI is InChI=1S/C19H19ClFN3O5.ClH/c20-15-16-10(18(25)14(29-19(26)27)8-24(16)9-1-2-9)5-11(21)17(15)23-6-12-13(7-23)28-4-3-22-12;/h5,8-9,12-13,22H,1-4,6-7H2,(H,26,27);1H/t12-,13+;/m1./s1. The summed E-state index contributed by atoms with van der Waals surface area (Å²) in [5, 5.41) is 12.4. The molecule has 2 N–H and O–H groups in total. The fourth-order valence-corrected chi connectivity index (χ4v) is 4.69. The summed E-state index contributed by atoms with van der Waals surface area (Å²) in [7, 11) is 0. The lowest BCUT2D eigenvalue weighted by molar-refractivity contribution is 0.0212. The first-order chi connectivity index (χ1) is 13.9. The van der Waals surface area contributed by atoms with E-state index in [-0.39, 0.29) is 52.4 Å². The van der Waals surface area contributed by atoms with Crippen molar-refractivity contribution in [2.45, 2.75) is 31.0 Å². The third-order valence-electron chi connectivity index (χ3n) is 5.71. The molecule has 3 heterocycles. The molecule has 1 saturated carbocycles. The van der Waals surface area contributed by atoms with E-state index in [0.29, 0.717) is 25.2 Å². The Labute approximate surface area is 181 Å². The van der Waals surface area contributed by atoms with Crippen molar-refractivity contribution >= 4 is 46.8 Å². The molecule has 3 aliphatic rings. The van der Waals surface area contributed by atoms with Gasteiger partial charge < -0.3 is 29.4 Å². The molecule has 0 spiro atoms. The summed E-state index contributed by atoms with van der Waals surface area (Å²) in [6, 6.07) is 1.28. The van der Waals surface area contributed by atoms with Crippen LogP contribution in [0.25, 0.3) is 10.9 Å². The minimum absolute atomic E-state index is 0. The van der Waals surface area contributed by atoms with Gasteiger partial charge in [-0.1, -0.05) is 11.6 Å². The number of carboxylic acid groups (broad SMARTS) is 1. The molecule has 30 heavy (non-hydrogen) atoms. The number of aromatic nitrogens is 1. The normalized spacial score (nSPS) is 23.2. The van der Waals surface area contributed by atoms with Gasteiger partial charge in [-0.2, -0.15) is 0 Å². The molecular weight excluding hydrogens is 440 g/mol. The molecule has 1 aromatic carbocycles. The first-order valence-corrected chi connectivity index (χ1v) is 9.89. The predicted molar refractivity (Wildman–Crippen MR) is 111 cm³/mol. The van der Waals surface area contributed by atoms with Crippen LogP contribution >= 0.6 is 24.0 Å². The number of morpholine rings is 1. The Morgan fingerprint density at radius 1 is 1.37 bits per heavy atom. The quantitative estimate of drug-likeness (QED) is 0.681. The first-order valence-electron chi connectivity index (χ1n) is 9.51. The Bertz CT molecular complexity index is 1060. The van der Waals surface area contributed by atoms with Gasteiger partial charge in [0.2, 0.25) is 5.43 Å². The van der Waals surface area contributed by atoms with Crippen molar-refractivity contribution in [3.63, 3.8) is 0 Å². The van der Waals surface area contributed by atoms with Gasteiger partial charge in [0.05, 0.1) is 46.6 Å². The van der Waals surface area contributed by atoms with Crippen molar-refractivity contribution in [2.75, 3.05) is 31.1 Å². The molecule has 5 rings (SSSR count). The summed E-state index contributed by atoms with van der Waals surface area (Å²) in [5.41, 5.74) is -0.0662. The lowest BCUT2D eigenvalue weighted by Gasteiger charge is -2.25. The molecule has 8 nitrogen and oxygen atoms in total. The van der Waals surface area contributed by atoms with Crippen LogP contribution < -0.4 is 20.4 Å². The molecule has 2 aliphatic heterocycles. The van der Waals surface area contributed by atoms with Crippen LogP contribution in [0.5, 0.6) is 5.75 Å². The van der Waals surface area contributed by atoms with Crippen molar-refractivity contribution in [3.05, 3.63) is 33.3 Å². The molecule has 1 aliphatic carbocycles. The van der Waals surface area contributed by atoms with Crippen LogP contribution in [0.2, 0.25) is 5.02 Å². The maximum Gasteiger partial charge on any atom is 0.511 e. The summed E-state index contributed by atoms with van der Waals surface area (Å²) < 4.78 is 27.3. The Morgan fingerprint density at radius 2 is 2.13 bits per heavy atom. The second-order valence-electron chi connectivity index (χ2n) is 7.62. The van der Waals surface area contributed by atoms with Crippen LogP contribution in [0, 0.1) is 5.82 Å². The summed E-state index contributed by atoms with van der Waals surface area (Å²) in [4.78, 5) is 25.5. The molecule has 2 aromatic rings. The molecule has 0 amide bonds. The number of nitrogens with one attached hydrogen (secondary N) is 1. The second kappa shape index (κ2) is 7.88. The highest BCUT2D eigenvalue weighted by atomic mass is 35.5. The maximum atomic E-state index is 15.1. The number of hydrogen-bond acceptors (Lipinski definition) is 6. The Balaban J connectivity index is 0.00000218. The minimum atomic E-state index is -1.60. The molecule has 162 valence electrons. The molecule has 0 radical (unpaired) electrons. The van der Waals surface area contributed by atoms with Gasteiger partial charge in [-0.3, -0.25) is 4.79 Å². The molecule has 1 aromatic heterocycles. The third kappa shape index (κ3) is 3.49. The molecule has 0 unspecified atom stereocenters. The highest BCUT2D eigenvalue weighted by Crippen LogP contribution is 2.43. The Kier molecular flexibility index (Phi) is 5.56. The van der Waals surface area contributed by atoms with E-state index >= 15 is 4.39 Å². The second-order valence-corrected chi connectivity index (χ2v) is 8.00. The van der Waals surface area contributed by atoms with E-state index in [4.69, 9.17) is 21.4 Å². The number of carbonyl (C=O) groups is 1. The van der Waals surface area contributed by atoms with Gasteiger partial charge in [0.25, 0.3) is 0 Å². The van der Waals surface area contributed by atoms with Crippen LogP contribution in [0.3, 0.4) is 0 Å². The summed E-state index contributed by atoms with van der Waals surface area (Å²) >= 11 is 6.67. The van der Waals surface area contributed by atoms with Gasteiger partial charge in [-0.05, 0) is 18.9 Å². The van der Waals surface area contributed by atoms with E-state index in [0.717, 1.165) is 25.5 Å². The molecule has 2 saturated heterocycles. The lowest BCUT2D eigenvalue weighted by atomic mass is 10.1. The van der Waals surface area contributed by atoms with Gasteiger partial charge >= 0.3 is 6.16 Å². The zero-order valence-electron chi connectivity index (χ0n) is 15.8. The number of halogens is 3. The number of ether oxygens (including phenoxy) is 2. The first kappa shape index (κ1) is 21.2. The van der Waals surface area contributed by atoms with Gasteiger partial charge in [-0.25, -0.2) is 9.18 Å². The lowest BCUT2D eigenvalue weighted by Crippen LogP contribution is -2.47. The Hall–Kier alpha value is -2.07. The van der Waals surface area contributed by atoms with Gasteiger partial charge in [0.15, 0.2) is 5.75 Å². The van der Waals surface area contributed by atoms with E-state index in [2.05, 4.69) is 10.1 Å². The van der Waals surface area contributed by atoms with Crippen molar-refractivity contribution in [1.29, 1.82) is 0 Å². The van der Waals surface area contributed by atoms with Crippen molar-refractivity contribution < 1.29 is 23.8 Å². The van der Waals surface area contributed by atoms with Crippen LogP contribution in [-0.2, 0) is 4.74 Å². The Morgan fingerprint density at radius 3 is 2.80 bits per heavy atom. The number of anilines is 1. The fourth-order valence-electron chi connectivity index (χ4n) is 4.28. The van der Waals surface area contributed by atoms with Gasteiger partial charge in [-0.15, -0.1) is 12.4 Å². The third-order valence-corrected chi connectivity index (χ3v) is 6.07. The van der Waals surface area contributed by atoms with E-state index in [1.807, 2.05) is 4.90 Å². The summed E-state index contributed by atoms with van der Waals surface area (Å²) in [6.07, 6.45) is 1.43. The maximum absolute atomic E-state index is 15.1. The summed E-state index contributed by atoms with van der Waals surface area (Å²) in [6.45, 7) is 2.39. The molecule has 0 bridgehead atoms. The minimum Gasteiger partial charge on any atom is -0.449 e. The zero-order chi connectivity index (χ0) is 20.3. The van der Waals surface area contributed by atoms with Gasteiger partial charge in [0.1, 0.15) is 5.82 Å². The molecular formula is C19H20Cl2FN3O5.